The maximum atomic E-state index is 12.8. The molecule has 1 fully saturated rings. The number of nitrogens with one attached hydrogen (secondary N) is 1. The van der Waals surface area contributed by atoms with Crippen LogP contribution in [0.2, 0.25) is 5.02 Å². The van der Waals surface area contributed by atoms with Gasteiger partial charge in [-0.15, -0.1) is 0 Å². The number of hydrogen-bond acceptors (Lipinski definition) is 4. The number of nitrogens with zero attached hydrogens (tertiary/aromatic N) is 1. The van der Waals surface area contributed by atoms with Gasteiger partial charge in [-0.3, -0.25) is 14.3 Å². The summed E-state index contributed by atoms with van der Waals surface area (Å²) in [5.74, 6) is -0.903. The second kappa shape index (κ2) is 8.20. The second-order valence-corrected chi connectivity index (χ2v) is 8.67. The van der Waals surface area contributed by atoms with Crippen LogP contribution in [0, 0.1) is 5.92 Å². The van der Waals surface area contributed by atoms with E-state index in [1.54, 1.807) is 23.1 Å². The number of piperidine rings is 1. The maximum Gasteiger partial charge on any atom is 0.261 e. The monoisotopic (exact) mass is 421 g/mol. The summed E-state index contributed by atoms with van der Waals surface area (Å²) in [6.45, 7) is 0.783. The van der Waals surface area contributed by atoms with Crippen LogP contribution in [0.4, 0.5) is 5.69 Å². The summed E-state index contributed by atoms with van der Waals surface area (Å²) in [5, 5.41) is 0.227. The number of rotatable bonds is 5. The molecule has 3 N–H and O–H groups in total. The van der Waals surface area contributed by atoms with E-state index >= 15 is 0 Å². The van der Waals surface area contributed by atoms with Crippen LogP contribution in [0.1, 0.15) is 23.2 Å². The summed E-state index contributed by atoms with van der Waals surface area (Å²) < 4.78 is 27.4. The van der Waals surface area contributed by atoms with Gasteiger partial charge in [0.1, 0.15) is 0 Å². The summed E-state index contributed by atoms with van der Waals surface area (Å²) in [4.78, 5) is 25.8. The van der Waals surface area contributed by atoms with Crippen molar-refractivity contribution in [3.8, 4) is 0 Å². The Morgan fingerprint density at radius 1 is 1.07 bits per heavy atom. The lowest BCUT2D eigenvalue weighted by Gasteiger charge is -2.31. The van der Waals surface area contributed by atoms with Crippen molar-refractivity contribution >= 4 is 39.1 Å². The molecule has 0 saturated carbocycles. The number of primary amides is 1. The Kier molecular flexibility index (Phi) is 5.90. The molecule has 7 nitrogen and oxygen atoms in total. The topological polar surface area (TPSA) is 110 Å². The van der Waals surface area contributed by atoms with Crippen molar-refractivity contribution in [2.24, 2.45) is 11.7 Å². The highest BCUT2D eigenvalue weighted by Gasteiger charge is 2.27. The molecule has 3 rings (SSSR count). The molecular weight excluding hydrogens is 402 g/mol. The van der Waals surface area contributed by atoms with Crippen LogP contribution in [0.15, 0.2) is 53.4 Å². The zero-order valence-corrected chi connectivity index (χ0v) is 16.5. The minimum atomic E-state index is -3.78. The standard InChI is InChI=1S/C19H20ClN3O4S/c20-17-7-6-14(22-28(26,27)15-4-2-1-3-5-15)12-16(17)19(25)23-10-8-13(9-11-23)18(21)24/h1-7,12-13,22H,8-11H2,(H2,21,24). The number of amides is 2. The van der Waals surface area contributed by atoms with Crippen LogP contribution in [-0.2, 0) is 14.8 Å². The van der Waals surface area contributed by atoms with Gasteiger partial charge in [-0.25, -0.2) is 8.42 Å². The van der Waals surface area contributed by atoms with E-state index in [1.807, 2.05) is 0 Å². The molecule has 28 heavy (non-hydrogen) atoms. The first kappa shape index (κ1) is 20.2. The highest BCUT2D eigenvalue weighted by molar-refractivity contribution is 7.92. The van der Waals surface area contributed by atoms with E-state index in [0.717, 1.165) is 0 Å². The fourth-order valence-electron chi connectivity index (χ4n) is 3.10. The molecule has 1 aliphatic heterocycles. The van der Waals surface area contributed by atoms with Crippen molar-refractivity contribution in [2.45, 2.75) is 17.7 Å². The summed E-state index contributed by atoms with van der Waals surface area (Å²) in [5.41, 5.74) is 5.76. The van der Waals surface area contributed by atoms with Gasteiger partial charge in [0.2, 0.25) is 5.91 Å². The van der Waals surface area contributed by atoms with Crippen molar-refractivity contribution in [3.05, 3.63) is 59.1 Å². The molecule has 0 spiro atoms. The molecule has 0 radical (unpaired) electrons. The zero-order chi connectivity index (χ0) is 20.3. The Labute approximate surface area is 168 Å². The second-order valence-electron chi connectivity index (χ2n) is 6.58. The van der Waals surface area contributed by atoms with Crippen LogP contribution >= 0.6 is 11.6 Å². The minimum Gasteiger partial charge on any atom is -0.369 e. The van der Waals surface area contributed by atoms with Gasteiger partial charge >= 0.3 is 0 Å². The Bertz CT molecular complexity index is 987. The highest BCUT2D eigenvalue weighted by atomic mass is 35.5. The van der Waals surface area contributed by atoms with Gasteiger partial charge in [0.05, 0.1) is 15.5 Å². The molecule has 2 aromatic rings. The van der Waals surface area contributed by atoms with Crippen molar-refractivity contribution in [2.75, 3.05) is 17.8 Å². The highest BCUT2D eigenvalue weighted by Crippen LogP contribution is 2.26. The van der Waals surface area contributed by atoms with Crippen molar-refractivity contribution < 1.29 is 18.0 Å². The number of sulfonamides is 1. The molecule has 1 aliphatic rings. The fourth-order valence-corrected chi connectivity index (χ4v) is 4.37. The summed E-state index contributed by atoms with van der Waals surface area (Å²) >= 11 is 6.18. The fraction of sp³-hybridized carbons (Fsp3) is 0.263. The van der Waals surface area contributed by atoms with Crippen LogP contribution < -0.4 is 10.5 Å². The van der Waals surface area contributed by atoms with E-state index in [2.05, 4.69) is 4.72 Å². The summed E-state index contributed by atoms with van der Waals surface area (Å²) in [6.07, 6.45) is 0.998. The Hall–Kier alpha value is -2.58. The third-order valence-electron chi connectivity index (χ3n) is 4.69. The first-order valence-electron chi connectivity index (χ1n) is 8.74. The molecule has 2 amide bonds. The first-order chi connectivity index (χ1) is 13.3. The molecular formula is C19H20ClN3O4S. The van der Waals surface area contributed by atoms with E-state index in [9.17, 15) is 18.0 Å². The molecule has 0 bridgehead atoms. The van der Waals surface area contributed by atoms with E-state index in [0.29, 0.717) is 25.9 Å². The van der Waals surface area contributed by atoms with Crippen LogP contribution in [0.5, 0.6) is 0 Å². The Morgan fingerprint density at radius 2 is 1.71 bits per heavy atom. The number of likely N-dealkylation sites (tertiary alicyclic amines) is 1. The van der Waals surface area contributed by atoms with Gasteiger partial charge in [-0.05, 0) is 43.2 Å². The lowest BCUT2D eigenvalue weighted by atomic mass is 9.96. The SMILES string of the molecule is NC(=O)C1CCN(C(=O)c2cc(NS(=O)(=O)c3ccccc3)ccc2Cl)CC1. The number of carbonyl (C=O) groups excluding carboxylic acids is 2. The zero-order valence-electron chi connectivity index (χ0n) is 15.0. The van der Waals surface area contributed by atoms with Crippen LogP contribution in [0.3, 0.4) is 0 Å². The number of benzene rings is 2. The average Bonchev–Trinajstić information content (AvgIpc) is 2.69. The molecule has 1 saturated heterocycles. The number of nitrogens with two attached hydrogens (primary N) is 1. The van der Waals surface area contributed by atoms with Crippen molar-refractivity contribution in [3.63, 3.8) is 0 Å². The molecule has 148 valence electrons. The Morgan fingerprint density at radius 3 is 2.32 bits per heavy atom. The molecule has 0 unspecified atom stereocenters. The third-order valence-corrected chi connectivity index (χ3v) is 6.41. The lowest BCUT2D eigenvalue weighted by molar-refractivity contribution is -0.123. The Balaban J connectivity index is 1.78. The molecule has 0 aliphatic carbocycles. The number of anilines is 1. The minimum absolute atomic E-state index is 0.117. The average molecular weight is 422 g/mol. The number of carbonyl (C=O) groups is 2. The van der Waals surface area contributed by atoms with Crippen LogP contribution in [0.25, 0.3) is 0 Å². The maximum absolute atomic E-state index is 12.8. The molecule has 1 heterocycles. The summed E-state index contributed by atoms with van der Waals surface area (Å²) in [6, 6.07) is 12.3. The largest absolute Gasteiger partial charge is 0.369 e. The number of hydrogen-bond donors (Lipinski definition) is 2. The predicted molar refractivity (Wildman–Crippen MR) is 107 cm³/mol. The van der Waals surface area contributed by atoms with Gasteiger partial charge in [-0.2, -0.15) is 0 Å². The van der Waals surface area contributed by atoms with E-state index in [-0.39, 0.29) is 38.9 Å². The number of halogens is 1. The molecule has 2 aromatic carbocycles. The van der Waals surface area contributed by atoms with E-state index in [4.69, 9.17) is 17.3 Å². The molecule has 0 aromatic heterocycles. The first-order valence-corrected chi connectivity index (χ1v) is 10.6. The van der Waals surface area contributed by atoms with E-state index in [1.165, 1.54) is 30.3 Å². The third kappa shape index (κ3) is 4.45. The molecule has 0 atom stereocenters. The van der Waals surface area contributed by atoms with E-state index < -0.39 is 10.0 Å². The van der Waals surface area contributed by atoms with Crippen molar-refractivity contribution in [1.82, 2.24) is 4.90 Å². The van der Waals surface area contributed by atoms with Gasteiger partial charge in [0.15, 0.2) is 0 Å². The normalized spacial score (nSPS) is 15.2. The van der Waals surface area contributed by atoms with Gasteiger partial charge < -0.3 is 10.6 Å². The lowest BCUT2D eigenvalue weighted by Crippen LogP contribution is -2.41. The van der Waals surface area contributed by atoms with Gasteiger partial charge in [-0.1, -0.05) is 29.8 Å². The summed E-state index contributed by atoms with van der Waals surface area (Å²) in [7, 11) is -3.78. The van der Waals surface area contributed by atoms with Crippen molar-refractivity contribution in [1.29, 1.82) is 0 Å². The molecule has 9 heteroatoms. The quantitative estimate of drug-likeness (QED) is 0.772. The van der Waals surface area contributed by atoms with Crippen LogP contribution in [-0.4, -0.2) is 38.2 Å². The predicted octanol–water partition coefficient (Wildman–Crippen LogP) is 2.48. The van der Waals surface area contributed by atoms with Gasteiger partial charge in [0.25, 0.3) is 15.9 Å². The van der Waals surface area contributed by atoms with Gasteiger partial charge in [0, 0.05) is 24.7 Å². The smallest absolute Gasteiger partial charge is 0.261 e.